The highest BCUT2D eigenvalue weighted by molar-refractivity contribution is 9.10. The quantitative estimate of drug-likeness (QED) is 0.942. The van der Waals surface area contributed by atoms with Gasteiger partial charge in [0.2, 0.25) is 0 Å². The number of hydrogen-bond acceptors (Lipinski definition) is 2. The molecule has 0 aliphatic heterocycles. The SMILES string of the molecule is Cn1cc(-c2cccc(Br)c2)c(CCCN)n1. The van der Waals surface area contributed by atoms with Crippen molar-refractivity contribution in [2.75, 3.05) is 6.54 Å². The lowest BCUT2D eigenvalue weighted by molar-refractivity contribution is 0.723. The van der Waals surface area contributed by atoms with Crippen molar-refractivity contribution < 1.29 is 0 Å². The van der Waals surface area contributed by atoms with Crippen LogP contribution in [0.3, 0.4) is 0 Å². The lowest BCUT2D eigenvalue weighted by Crippen LogP contribution is -2.01. The number of benzene rings is 1. The van der Waals surface area contributed by atoms with Gasteiger partial charge >= 0.3 is 0 Å². The first-order chi connectivity index (χ1) is 8.20. The summed E-state index contributed by atoms with van der Waals surface area (Å²) in [6.45, 7) is 0.703. The molecule has 3 nitrogen and oxygen atoms in total. The molecular weight excluding hydrogens is 278 g/mol. The van der Waals surface area contributed by atoms with Crippen LogP contribution in [-0.4, -0.2) is 16.3 Å². The standard InChI is InChI=1S/C13H16BrN3/c1-17-9-12(13(16-17)6-3-7-15)10-4-2-5-11(14)8-10/h2,4-5,8-9H,3,6-7,15H2,1H3. The molecule has 0 saturated heterocycles. The summed E-state index contributed by atoms with van der Waals surface area (Å²) >= 11 is 3.50. The molecule has 0 spiro atoms. The van der Waals surface area contributed by atoms with Crippen LogP contribution in [0.1, 0.15) is 12.1 Å². The van der Waals surface area contributed by atoms with Gasteiger partial charge in [-0.2, -0.15) is 5.10 Å². The molecule has 17 heavy (non-hydrogen) atoms. The zero-order chi connectivity index (χ0) is 12.3. The topological polar surface area (TPSA) is 43.8 Å². The van der Waals surface area contributed by atoms with E-state index in [-0.39, 0.29) is 0 Å². The van der Waals surface area contributed by atoms with Gasteiger partial charge in [-0.15, -0.1) is 0 Å². The molecule has 1 aromatic carbocycles. The Labute approximate surface area is 110 Å². The van der Waals surface area contributed by atoms with Crippen LogP contribution in [0, 0.1) is 0 Å². The van der Waals surface area contributed by atoms with Crippen LogP contribution in [0.4, 0.5) is 0 Å². The van der Waals surface area contributed by atoms with Gasteiger partial charge in [0.25, 0.3) is 0 Å². The Balaban J connectivity index is 2.37. The molecule has 0 fully saturated rings. The molecule has 2 aromatic rings. The molecule has 1 aromatic heterocycles. The Morgan fingerprint density at radius 2 is 2.24 bits per heavy atom. The summed E-state index contributed by atoms with van der Waals surface area (Å²) in [5.74, 6) is 0. The minimum atomic E-state index is 0.703. The molecule has 0 unspecified atom stereocenters. The van der Waals surface area contributed by atoms with Gasteiger partial charge in [0.15, 0.2) is 0 Å². The first-order valence-corrected chi connectivity index (χ1v) is 6.48. The minimum absolute atomic E-state index is 0.703. The highest BCUT2D eigenvalue weighted by Crippen LogP contribution is 2.26. The molecule has 1 heterocycles. The van der Waals surface area contributed by atoms with Crippen molar-refractivity contribution in [3.63, 3.8) is 0 Å². The van der Waals surface area contributed by atoms with Crippen LogP contribution in [0.25, 0.3) is 11.1 Å². The predicted octanol–water partition coefficient (Wildman–Crippen LogP) is 2.74. The van der Waals surface area contributed by atoms with Gasteiger partial charge in [-0.05, 0) is 37.1 Å². The monoisotopic (exact) mass is 293 g/mol. The molecule has 2 rings (SSSR count). The third kappa shape index (κ3) is 2.96. The average molecular weight is 294 g/mol. The van der Waals surface area contributed by atoms with Crippen molar-refractivity contribution in [1.82, 2.24) is 9.78 Å². The van der Waals surface area contributed by atoms with Gasteiger partial charge < -0.3 is 5.73 Å². The molecule has 4 heteroatoms. The molecule has 0 amide bonds. The number of aromatic nitrogens is 2. The molecule has 0 aliphatic carbocycles. The highest BCUT2D eigenvalue weighted by Gasteiger charge is 2.09. The number of hydrogen-bond donors (Lipinski definition) is 1. The normalized spacial score (nSPS) is 10.8. The fraction of sp³-hybridized carbons (Fsp3) is 0.308. The van der Waals surface area contributed by atoms with Gasteiger partial charge in [0.05, 0.1) is 5.69 Å². The second-order valence-electron chi connectivity index (χ2n) is 4.07. The molecular formula is C13H16BrN3. The van der Waals surface area contributed by atoms with Gasteiger partial charge in [-0.25, -0.2) is 0 Å². The lowest BCUT2D eigenvalue weighted by Gasteiger charge is -2.02. The summed E-state index contributed by atoms with van der Waals surface area (Å²) < 4.78 is 2.95. The summed E-state index contributed by atoms with van der Waals surface area (Å²) in [5.41, 5.74) is 9.07. The molecule has 0 aliphatic rings. The number of nitrogens with zero attached hydrogens (tertiary/aromatic N) is 2. The van der Waals surface area contributed by atoms with Gasteiger partial charge in [0, 0.05) is 23.3 Å². The Morgan fingerprint density at radius 3 is 2.94 bits per heavy atom. The average Bonchev–Trinajstić information content (AvgIpc) is 2.68. The van der Waals surface area contributed by atoms with E-state index in [0.717, 1.165) is 23.0 Å². The molecule has 0 atom stereocenters. The lowest BCUT2D eigenvalue weighted by atomic mass is 10.0. The molecule has 0 saturated carbocycles. The Morgan fingerprint density at radius 1 is 1.41 bits per heavy atom. The van der Waals surface area contributed by atoms with Crippen molar-refractivity contribution in [2.45, 2.75) is 12.8 Å². The van der Waals surface area contributed by atoms with Crippen molar-refractivity contribution in [3.8, 4) is 11.1 Å². The van der Waals surface area contributed by atoms with Crippen molar-refractivity contribution in [1.29, 1.82) is 0 Å². The van der Waals surface area contributed by atoms with E-state index in [9.17, 15) is 0 Å². The smallest absolute Gasteiger partial charge is 0.0703 e. The van der Waals surface area contributed by atoms with Gasteiger partial charge in [-0.3, -0.25) is 4.68 Å². The largest absolute Gasteiger partial charge is 0.330 e. The maximum Gasteiger partial charge on any atom is 0.0703 e. The van der Waals surface area contributed by atoms with Gasteiger partial charge in [-0.1, -0.05) is 28.1 Å². The summed E-state index contributed by atoms with van der Waals surface area (Å²) in [6, 6.07) is 8.29. The number of nitrogens with two attached hydrogens (primary N) is 1. The third-order valence-corrected chi connectivity index (χ3v) is 3.15. The fourth-order valence-corrected chi connectivity index (χ4v) is 2.29. The van der Waals surface area contributed by atoms with Crippen LogP contribution in [0.15, 0.2) is 34.9 Å². The number of rotatable bonds is 4. The van der Waals surface area contributed by atoms with E-state index in [2.05, 4.69) is 39.4 Å². The van der Waals surface area contributed by atoms with Crippen LogP contribution in [0.5, 0.6) is 0 Å². The minimum Gasteiger partial charge on any atom is -0.330 e. The fourth-order valence-electron chi connectivity index (χ4n) is 1.89. The van der Waals surface area contributed by atoms with Crippen molar-refractivity contribution in [2.24, 2.45) is 12.8 Å². The van der Waals surface area contributed by atoms with E-state index in [4.69, 9.17) is 5.73 Å². The molecule has 90 valence electrons. The number of halogens is 1. The maximum atomic E-state index is 5.55. The van der Waals surface area contributed by atoms with Crippen LogP contribution >= 0.6 is 15.9 Å². The van der Waals surface area contributed by atoms with Crippen molar-refractivity contribution in [3.05, 3.63) is 40.6 Å². The first-order valence-electron chi connectivity index (χ1n) is 5.69. The van der Waals surface area contributed by atoms with E-state index >= 15 is 0 Å². The second kappa shape index (κ2) is 5.47. The summed E-state index contributed by atoms with van der Waals surface area (Å²) in [5, 5.41) is 4.50. The highest BCUT2D eigenvalue weighted by atomic mass is 79.9. The van der Waals surface area contributed by atoms with Gasteiger partial charge in [0.1, 0.15) is 0 Å². The predicted molar refractivity (Wildman–Crippen MR) is 73.7 cm³/mol. The Hall–Kier alpha value is -1.13. The van der Waals surface area contributed by atoms with E-state index in [1.807, 2.05) is 23.9 Å². The van der Waals surface area contributed by atoms with Crippen LogP contribution in [-0.2, 0) is 13.5 Å². The third-order valence-electron chi connectivity index (χ3n) is 2.66. The van der Waals surface area contributed by atoms with Crippen LogP contribution in [0.2, 0.25) is 0 Å². The maximum absolute atomic E-state index is 5.55. The second-order valence-corrected chi connectivity index (χ2v) is 4.98. The Kier molecular flexibility index (Phi) is 3.97. The zero-order valence-corrected chi connectivity index (χ0v) is 11.4. The first kappa shape index (κ1) is 12.3. The van der Waals surface area contributed by atoms with Crippen molar-refractivity contribution >= 4 is 15.9 Å². The van der Waals surface area contributed by atoms with E-state index < -0.39 is 0 Å². The van der Waals surface area contributed by atoms with E-state index in [0.29, 0.717) is 6.54 Å². The molecule has 0 radical (unpaired) electrons. The van der Waals surface area contributed by atoms with Crippen LogP contribution < -0.4 is 5.73 Å². The number of aryl methyl sites for hydroxylation is 2. The summed E-state index contributed by atoms with van der Waals surface area (Å²) in [7, 11) is 1.95. The van der Waals surface area contributed by atoms with E-state index in [1.54, 1.807) is 0 Å². The Bertz CT molecular complexity index is 505. The molecule has 0 bridgehead atoms. The summed E-state index contributed by atoms with van der Waals surface area (Å²) in [6.07, 6.45) is 3.96. The molecule has 2 N–H and O–H groups in total. The summed E-state index contributed by atoms with van der Waals surface area (Å²) in [4.78, 5) is 0. The van der Waals surface area contributed by atoms with E-state index in [1.165, 1.54) is 11.1 Å². The zero-order valence-electron chi connectivity index (χ0n) is 9.86.